The Morgan fingerprint density at radius 3 is 2.85 bits per heavy atom. The molecule has 1 aliphatic rings. The summed E-state index contributed by atoms with van der Waals surface area (Å²) in [5, 5.41) is 4.73. The number of aryl methyl sites for hydroxylation is 1. The third kappa shape index (κ3) is 2.94. The van der Waals surface area contributed by atoms with E-state index in [-0.39, 0.29) is 0 Å². The summed E-state index contributed by atoms with van der Waals surface area (Å²) in [5.41, 5.74) is 2.62. The third-order valence-electron chi connectivity index (χ3n) is 4.05. The number of piperazine rings is 1. The molecule has 1 aromatic carbocycles. The molecule has 3 heteroatoms. The van der Waals surface area contributed by atoms with Crippen molar-refractivity contribution >= 4 is 17.0 Å². The van der Waals surface area contributed by atoms with Crippen molar-refractivity contribution in [2.24, 2.45) is 7.05 Å². The van der Waals surface area contributed by atoms with Crippen molar-refractivity contribution in [1.82, 2.24) is 14.8 Å². The Hall–Kier alpha value is -1.58. The molecule has 2 heterocycles. The Morgan fingerprint density at radius 1 is 1.20 bits per heavy atom. The van der Waals surface area contributed by atoms with Crippen LogP contribution in [0.3, 0.4) is 0 Å². The lowest BCUT2D eigenvalue weighted by molar-refractivity contribution is 0.245. The lowest BCUT2D eigenvalue weighted by atomic mass is 10.1. The van der Waals surface area contributed by atoms with Crippen LogP contribution in [-0.4, -0.2) is 42.2 Å². The summed E-state index contributed by atoms with van der Waals surface area (Å²) >= 11 is 0. The molecule has 20 heavy (non-hydrogen) atoms. The highest BCUT2D eigenvalue weighted by Gasteiger charge is 2.07. The highest BCUT2D eigenvalue weighted by molar-refractivity contribution is 5.89. The number of aromatic nitrogens is 1. The Kier molecular flexibility index (Phi) is 4.19. The zero-order valence-electron chi connectivity index (χ0n) is 12.2. The maximum Gasteiger partial charge on any atom is 0.0483 e. The number of nitrogens with zero attached hydrogens (tertiary/aromatic N) is 2. The minimum atomic E-state index is 1.13. The van der Waals surface area contributed by atoms with Gasteiger partial charge in [0.1, 0.15) is 0 Å². The molecular formula is C17H23N3. The van der Waals surface area contributed by atoms with Crippen molar-refractivity contribution in [3.63, 3.8) is 0 Å². The molecule has 1 fully saturated rings. The van der Waals surface area contributed by atoms with Gasteiger partial charge in [0.2, 0.25) is 0 Å². The van der Waals surface area contributed by atoms with Crippen LogP contribution in [0.5, 0.6) is 0 Å². The quantitative estimate of drug-likeness (QED) is 0.920. The molecule has 1 N–H and O–H groups in total. The molecule has 106 valence electrons. The Bertz CT molecular complexity index is 591. The maximum absolute atomic E-state index is 3.39. The summed E-state index contributed by atoms with van der Waals surface area (Å²) < 4.78 is 2.20. The summed E-state index contributed by atoms with van der Waals surface area (Å²) in [4.78, 5) is 2.53. The summed E-state index contributed by atoms with van der Waals surface area (Å²) in [5.74, 6) is 0. The Morgan fingerprint density at radius 2 is 2.00 bits per heavy atom. The van der Waals surface area contributed by atoms with E-state index >= 15 is 0 Å². The van der Waals surface area contributed by atoms with Crippen molar-refractivity contribution in [3.8, 4) is 0 Å². The molecule has 1 aliphatic heterocycles. The van der Waals surface area contributed by atoms with Gasteiger partial charge in [-0.3, -0.25) is 0 Å². The van der Waals surface area contributed by atoms with Crippen molar-refractivity contribution in [1.29, 1.82) is 0 Å². The first-order valence-electron chi connectivity index (χ1n) is 7.48. The number of para-hydroxylation sites is 1. The van der Waals surface area contributed by atoms with Gasteiger partial charge in [0, 0.05) is 56.9 Å². The van der Waals surface area contributed by atoms with Crippen LogP contribution in [-0.2, 0) is 7.05 Å². The number of rotatable bonds is 4. The van der Waals surface area contributed by atoms with Gasteiger partial charge in [-0.1, -0.05) is 30.4 Å². The van der Waals surface area contributed by atoms with Crippen LogP contribution >= 0.6 is 0 Å². The predicted octanol–water partition coefficient (Wildman–Crippen LogP) is 2.49. The molecule has 0 amide bonds. The van der Waals surface area contributed by atoms with Gasteiger partial charge in [-0.15, -0.1) is 0 Å². The van der Waals surface area contributed by atoms with Crippen LogP contribution < -0.4 is 5.32 Å². The van der Waals surface area contributed by atoms with Gasteiger partial charge in [0.15, 0.2) is 0 Å². The lowest BCUT2D eigenvalue weighted by Crippen LogP contribution is -2.43. The molecule has 0 bridgehead atoms. The monoisotopic (exact) mass is 269 g/mol. The number of hydrogen-bond donors (Lipinski definition) is 1. The van der Waals surface area contributed by atoms with E-state index in [0.29, 0.717) is 0 Å². The van der Waals surface area contributed by atoms with Crippen LogP contribution in [0.1, 0.15) is 12.0 Å². The first kappa shape index (κ1) is 13.4. The molecule has 0 spiro atoms. The topological polar surface area (TPSA) is 20.2 Å². The van der Waals surface area contributed by atoms with Gasteiger partial charge in [-0.2, -0.15) is 0 Å². The molecular weight excluding hydrogens is 246 g/mol. The number of nitrogens with one attached hydrogen (secondary N) is 1. The number of hydrogen-bond acceptors (Lipinski definition) is 2. The van der Waals surface area contributed by atoms with E-state index in [9.17, 15) is 0 Å². The summed E-state index contributed by atoms with van der Waals surface area (Å²) in [6, 6.07) is 8.58. The molecule has 1 saturated heterocycles. The minimum absolute atomic E-state index is 1.13. The van der Waals surface area contributed by atoms with Gasteiger partial charge in [0.25, 0.3) is 0 Å². The second-order valence-electron chi connectivity index (χ2n) is 5.50. The largest absolute Gasteiger partial charge is 0.350 e. The Labute approximate surface area is 120 Å². The van der Waals surface area contributed by atoms with Crippen molar-refractivity contribution in [2.75, 3.05) is 32.7 Å². The second kappa shape index (κ2) is 6.25. The fourth-order valence-electron chi connectivity index (χ4n) is 2.91. The smallest absolute Gasteiger partial charge is 0.0483 e. The molecule has 3 nitrogen and oxygen atoms in total. The zero-order valence-corrected chi connectivity index (χ0v) is 12.2. The molecule has 0 atom stereocenters. The SMILES string of the molecule is Cn1cc(/C=C/CCN2CCNCC2)c2ccccc21. The average molecular weight is 269 g/mol. The molecule has 0 aliphatic carbocycles. The van der Waals surface area contributed by atoms with E-state index in [0.717, 1.165) is 19.5 Å². The van der Waals surface area contributed by atoms with E-state index in [1.165, 1.54) is 36.1 Å². The molecule has 0 saturated carbocycles. The molecule has 2 aromatic rings. The first-order valence-corrected chi connectivity index (χ1v) is 7.48. The molecule has 0 radical (unpaired) electrons. The van der Waals surface area contributed by atoms with Crippen LogP contribution in [0.4, 0.5) is 0 Å². The normalized spacial score (nSPS) is 17.2. The fourth-order valence-corrected chi connectivity index (χ4v) is 2.91. The minimum Gasteiger partial charge on any atom is -0.350 e. The van der Waals surface area contributed by atoms with Crippen molar-refractivity contribution in [2.45, 2.75) is 6.42 Å². The van der Waals surface area contributed by atoms with Crippen LogP contribution in [0.25, 0.3) is 17.0 Å². The second-order valence-corrected chi connectivity index (χ2v) is 5.50. The highest BCUT2D eigenvalue weighted by Crippen LogP contribution is 2.21. The Balaban J connectivity index is 1.62. The van der Waals surface area contributed by atoms with Gasteiger partial charge < -0.3 is 14.8 Å². The summed E-state index contributed by atoms with van der Waals surface area (Å²) in [7, 11) is 2.11. The maximum atomic E-state index is 3.39. The van der Waals surface area contributed by atoms with Crippen LogP contribution in [0.15, 0.2) is 36.5 Å². The van der Waals surface area contributed by atoms with E-state index in [1.54, 1.807) is 0 Å². The van der Waals surface area contributed by atoms with E-state index in [4.69, 9.17) is 0 Å². The summed E-state index contributed by atoms with van der Waals surface area (Å²) in [6.07, 6.45) is 7.92. The van der Waals surface area contributed by atoms with Crippen molar-refractivity contribution < 1.29 is 0 Å². The lowest BCUT2D eigenvalue weighted by Gasteiger charge is -2.26. The van der Waals surface area contributed by atoms with Gasteiger partial charge in [-0.05, 0) is 18.1 Å². The average Bonchev–Trinajstić information content (AvgIpc) is 2.82. The first-order chi connectivity index (χ1) is 9.84. The van der Waals surface area contributed by atoms with Crippen LogP contribution in [0.2, 0.25) is 0 Å². The van der Waals surface area contributed by atoms with Gasteiger partial charge in [-0.25, -0.2) is 0 Å². The zero-order chi connectivity index (χ0) is 13.8. The fraction of sp³-hybridized carbons (Fsp3) is 0.412. The summed E-state index contributed by atoms with van der Waals surface area (Å²) in [6.45, 7) is 5.80. The van der Waals surface area contributed by atoms with E-state index in [1.807, 2.05) is 0 Å². The van der Waals surface area contributed by atoms with Crippen LogP contribution in [0, 0.1) is 0 Å². The highest BCUT2D eigenvalue weighted by atomic mass is 15.2. The number of benzene rings is 1. The third-order valence-corrected chi connectivity index (χ3v) is 4.05. The molecule has 0 unspecified atom stereocenters. The van der Waals surface area contributed by atoms with Crippen molar-refractivity contribution in [3.05, 3.63) is 42.1 Å². The number of fused-ring (bicyclic) bond motifs is 1. The van der Waals surface area contributed by atoms with Gasteiger partial charge >= 0.3 is 0 Å². The standard InChI is InChI=1S/C17H23N3/c1-19-14-15(16-7-2-3-8-17(16)19)6-4-5-11-20-12-9-18-10-13-20/h2-4,6-8,14,18H,5,9-13H2,1H3/b6-4+. The van der Waals surface area contributed by atoms with Gasteiger partial charge in [0.05, 0.1) is 0 Å². The predicted molar refractivity (Wildman–Crippen MR) is 85.9 cm³/mol. The van der Waals surface area contributed by atoms with E-state index in [2.05, 4.69) is 64.4 Å². The molecule has 1 aromatic heterocycles. The van der Waals surface area contributed by atoms with E-state index < -0.39 is 0 Å². The molecule has 3 rings (SSSR count).